The lowest BCUT2D eigenvalue weighted by Crippen LogP contribution is -2.28. The molecule has 0 unspecified atom stereocenters. The second-order valence-corrected chi connectivity index (χ2v) is 9.80. The number of carbonyl (C=O) groups is 1. The SMILES string of the molecule is CNS(=O)(=O)Nc1cccc(Cc2c(CC(=O)NOCCO)c3ccc(Oc4ncccn4)cc3oc2=O)c1F. The zero-order valence-electron chi connectivity index (χ0n) is 21.0. The van der Waals surface area contributed by atoms with E-state index >= 15 is 4.39 Å². The van der Waals surface area contributed by atoms with Crippen LogP contribution >= 0.6 is 0 Å². The van der Waals surface area contributed by atoms with E-state index in [0.717, 1.165) is 7.05 Å². The molecule has 0 saturated heterocycles. The number of halogens is 1. The predicted octanol–water partition coefficient (Wildman–Crippen LogP) is 1.56. The summed E-state index contributed by atoms with van der Waals surface area (Å²) in [5.41, 5.74) is 1.24. The summed E-state index contributed by atoms with van der Waals surface area (Å²) >= 11 is 0. The Morgan fingerprint density at radius 1 is 1.12 bits per heavy atom. The zero-order valence-corrected chi connectivity index (χ0v) is 21.8. The van der Waals surface area contributed by atoms with E-state index in [1.807, 2.05) is 4.72 Å². The number of amides is 1. The van der Waals surface area contributed by atoms with Crippen molar-refractivity contribution in [2.45, 2.75) is 12.8 Å². The van der Waals surface area contributed by atoms with Crippen molar-refractivity contribution in [1.82, 2.24) is 20.2 Å². The summed E-state index contributed by atoms with van der Waals surface area (Å²) in [5, 5.41) is 9.25. The Morgan fingerprint density at radius 3 is 2.62 bits per heavy atom. The number of hydrogen-bond acceptors (Lipinski definition) is 10. The van der Waals surface area contributed by atoms with Crippen LogP contribution in [0.15, 0.2) is 64.1 Å². The normalized spacial score (nSPS) is 11.4. The molecule has 2 aromatic heterocycles. The molecule has 40 heavy (non-hydrogen) atoms. The summed E-state index contributed by atoms with van der Waals surface area (Å²) in [6, 6.07) is 10.2. The van der Waals surface area contributed by atoms with E-state index in [1.165, 1.54) is 36.7 Å². The van der Waals surface area contributed by atoms with Gasteiger partial charge >= 0.3 is 11.6 Å². The van der Waals surface area contributed by atoms with Crippen LogP contribution in [0, 0.1) is 5.82 Å². The molecule has 0 saturated carbocycles. The lowest BCUT2D eigenvalue weighted by atomic mass is 9.95. The van der Waals surface area contributed by atoms with E-state index in [1.54, 1.807) is 18.2 Å². The van der Waals surface area contributed by atoms with Crippen LogP contribution in [0.2, 0.25) is 0 Å². The lowest BCUT2D eigenvalue weighted by Gasteiger charge is -2.14. The van der Waals surface area contributed by atoms with Gasteiger partial charge in [0.25, 0.3) is 10.2 Å². The highest BCUT2D eigenvalue weighted by Gasteiger charge is 2.21. The van der Waals surface area contributed by atoms with Gasteiger partial charge in [-0.25, -0.2) is 29.4 Å². The Balaban J connectivity index is 1.76. The van der Waals surface area contributed by atoms with Crippen LogP contribution in [0.5, 0.6) is 11.8 Å². The van der Waals surface area contributed by atoms with E-state index in [2.05, 4.69) is 20.2 Å². The second-order valence-electron chi connectivity index (χ2n) is 8.18. The number of anilines is 1. The molecule has 13 nitrogen and oxygen atoms in total. The fraction of sp³-hybridized carbons (Fsp3) is 0.200. The molecule has 4 N–H and O–H groups in total. The van der Waals surface area contributed by atoms with E-state index in [-0.39, 0.29) is 65.8 Å². The molecule has 0 aliphatic carbocycles. The van der Waals surface area contributed by atoms with Crippen molar-refractivity contribution in [3.05, 3.63) is 87.8 Å². The minimum atomic E-state index is -4.01. The van der Waals surface area contributed by atoms with Crippen molar-refractivity contribution in [2.24, 2.45) is 0 Å². The first-order valence-electron chi connectivity index (χ1n) is 11.7. The standard InChI is InChI=1S/C25H24FN5O8S/c1-27-40(35,36)31-20-5-2-4-15(23(20)26)12-19-18(14-22(33)30-37-11-10-32)17-7-6-16(13-21(17)39-24(19)34)38-25-28-8-3-9-29-25/h2-9,13,27,31-32H,10-12,14H2,1H3,(H,30,33). The number of aromatic nitrogens is 2. The molecule has 0 atom stereocenters. The number of hydrogen-bond donors (Lipinski definition) is 4. The van der Waals surface area contributed by atoms with Gasteiger partial charge < -0.3 is 14.3 Å². The number of rotatable bonds is 12. The molecule has 0 aliphatic rings. The Bertz CT molecular complexity index is 1680. The van der Waals surface area contributed by atoms with Crippen LogP contribution < -0.4 is 25.3 Å². The third-order valence-electron chi connectivity index (χ3n) is 5.52. The number of nitrogens with one attached hydrogen (secondary N) is 3. The fourth-order valence-corrected chi connectivity index (χ4v) is 4.28. The van der Waals surface area contributed by atoms with Crippen molar-refractivity contribution < 1.29 is 36.7 Å². The molecule has 210 valence electrons. The van der Waals surface area contributed by atoms with Gasteiger partial charge in [0.1, 0.15) is 11.3 Å². The molecule has 15 heteroatoms. The van der Waals surface area contributed by atoms with E-state index in [4.69, 9.17) is 19.1 Å². The van der Waals surface area contributed by atoms with Crippen LogP contribution in [0.25, 0.3) is 11.0 Å². The van der Waals surface area contributed by atoms with Crippen molar-refractivity contribution in [3.8, 4) is 11.8 Å². The van der Waals surface area contributed by atoms with Gasteiger partial charge in [0.15, 0.2) is 5.82 Å². The first-order valence-corrected chi connectivity index (χ1v) is 13.2. The molecule has 2 heterocycles. The van der Waals surface area contributed by atoms with Crippen LogP contribution in [0.3, 0.4) is 0 Å². The maximum absolute atomic E-state index is 15.3. The Kier molecular flexibility index (Phi) is 9.00. The van der Waals surface area contributed by atoms with Crippen molar-refractivity contribution in [1.29, 1.82) is 0 Å². The van der Waals surface area contributed by atoms with Gasteiger partial charge in [-0.05, 0) is 35.4 Å². The minimum absolute atomic E-state index is 0.0256. The maximum Gasteiger partial charge on any atom is 0.340 e. The first kappa shape index (κ1) is 28.6. The first-order chi connectivity index (χ1) is 19.2. The monoisotopic (exact) mass is 573 g/mol. The van der Waals surface area contributed by atoms with Gasteiger partial charge in [-0.1, -0.05) is 12.1 Å². The molecular weight excluding hydrogens is 549 g/mol. The number of ether oxygens (including phenoxy) is 1. The summed E-state index contributed by atoms with van der Waals surface area (Å²) in [6.45, 7) is -0.483. The molecule has 0 radical (unpaired) electrons. The van der Waals surface area contributed by atoms with Gasteiger partial charge in [-0.15, -0.1) is 0 Å². The fourth-order valence-electron chi connectivity index (χ4n) is 3.73. The zero-order chi connectivity index (χ0) is 28.7. The second kappa shape index (κ2) is 12.6. The summed E-state index contributed by atoms with van der Waals surface area (Å²) in [6.07, 6.45) is 2.29. The maximum atomic E-state index is 15.3. The third kappa shape index (κ3) is 6.95. The van der Waals surface area contributed by atoms with Crippen LogP contribution in [-0.4, -0.2) is 49.7 Å². The molecule has 4 rings (SSSR count). The number of aliphatic hydroxyl groups excluding tert-OH is 1. The van der Waals surface area contributed by atoms with Crippen molar-refractivity contribution >= 4 is 32.8 Å². The van der Waals surface area contributed by atoms with E-state index in [0.29, 0.717) is 5.39 Å². The number of carbonyl (C=O) groups excluding carboxylic acids is 1. The smallest absolute Gasteiger partial charge is 0.340 e. The molecule has 0 aliphatic heterocycles. The Hall–Kier alpha value is -4.44. The molecule has 1 amide bonds. The number of aliphatic hydroxyl groups is 1. The largest absolute Gasteiger partial charge is 0.424 e. The molecule has 4 aromatic rings. The average Bonchev–Trinajstić information content (AvgIpc) is 2.93. The van der Waals surface area contributed by atoms with Crippen LogP contribution in [0.4, 0.5) is 10.1 Å². The van der Waals surface area contributed by atoms with Crippen molar-refractivity contribution in [2.75, 3.05) is 25.0 Å². The average molecular weight is 574 g/mol. The quantitative estimate of drug-likeness (QED) is 0.110. The summed E-state index contributed by atoms with van der Waals surface area (Å²) in [7, 11) is -2.85. The summed E-state index contributed by atoms with van der Waals surface area (Å²) in [4.78, 5) is 38.6. The van der Waals surface area contributed by atoms with Crippen LogP contribution in [-0.2, 0) is 32.7 Å². The van der Waals surface area contributed by atoms with E-state index < -0.39 is 27.6 Å². The highest BCUT2D eigenvalue weighted by molar-refractivity contribution is 7.90. The highest BCUT2D eigenvalue weighted by atomic mass is 32.2. The molecular formula is C25H24FN5O8S. The number of fused-ring (bicyclic) bond motifs is 1. The van der Waals surface area contributed by atoms with Gasteiger partial charge in [0, 0.05) is 42.9 Å². The van der Waals surface area contributed by atoms with Gasteiger partial charge in [-0.3, -0.25) is 14.4 Å². The summed E-state index contributed by atoms with van der Waals surface area (Å²) in [5.74, 6) is -1.29. The predicted molar refractivity (Wildman–Crippen MR) is 140 cm³/mol. The topological polar surface area (TPSA) is 182 Å². The number of nitrogens with zero attached hydrogens (tertiary/aromatic N) is 2. The summed E-state index contributed by atoms with van der Waals surface area (Å²) < 4.78 is 54.2. The number of benzene rings is 2. The van der Waals surface area contributed by atoms with Crippen LogP contribution in [0.1, 0.15) is 16.7 Å². The van der Waals surface area contributed by atoms with Crippen molar-refractivity contribution in [3.63, 3.8) is 0 Å². The minimum Gasteiger partial charge on any atom is -0.424 e. The number of hydroxylamine groups is 1. The molecule has 0 fully saturated rings. The highest BCUT2D eigenvalue weighted by Crippen LogP contribution is 2.29. The Labute approximate surface area is 227 Å². The molecule has 0 bridgehead atoms. The van der Waals surface area contributed by atoms with Gasteiger partial charge in [0.2, 0.25) is 5.91 Å². The lowest BCUT2D eigenvalue weighted by molar-refractivity contribution is -0.133. The molecule has 2 aromatic carbocycles. The Morgan fingerprint density at radius 2 is 1.90 bits per heavy atom. The molecule has 0 spiro atoms. The third-order valence-corrected chi connectivity index (χ3v) is 6.54. The van der Waals surface area contributed by atoms with E-state index in [9.17, 15) is 18.0 Å². The van der Waals surface area contributed by atoms with Gasteiger partial charge in [0.05, 0.1) is 25.3 Å². The van der Waals surface area contributed by atoms with Gasteiger partial charge in [-0.2, -0.15) is 8.42 Å².